The molecule has 0 unspecified atom stereocenters. The average Bonchev–Trinajstić information content (AvgIpc) is 2.51. The molecule has 2 aromatic carbocycles. The van der Waals surface area contributed by atoms with E-state index in [-0.39, 0.29) is 5.78 Å². The molecule has 3 nitrogen and oxygen atoms in total. The van der Waals surface area contributed by atoms with Gasteiger partial charge in [-0.3, -0.25) is 4.79 Å². The SMILES string of the molecule is COc1ccc(C(=O)C=CNc2ccc(C)c(C)c2)cc1. The van der Waals surface area contributed by atoms with Crippen molar-refractivity contribution in [3.8, 4) is 5.75 Å². The Kier molecular flexibility index (Phi) is 4.77. The molecule has 0 fully saturated rings. The third kappa shape index (κ3) is 3.96. The van der Waals surface area contributed by atoms with Crippen LogP contribution in [0, 0.1) is 13.8 Å². The lowest BCUT2D eigenvalue weighted by Crippen LogP contribution is -1.96. The average molecular weight is 281 g/mol. The summed E-state index contributed by atoms with van der Waals surface area (Å²) in [4.78, 5) is 12.0. The van der Waals surface area contributed by atoms with Crippen molar-refractivity contribution in [3.63, 3.8) is 0 Å². The highest BCUT2D eigenvalue weighted by Crippen LogP contribution is 2.15. The first kappa shape index (κ1) is 14.9. The van der Waals surface area contributed by atoms with Gasteiger partial charge < -0.3 is 10.1 Å². The van der Waals surface area contributed by atoms with E-state index in [1.165, 1.54) is 17.2 Å². The van der Waals surface area contributed by atoms with Gasteiger partial charge in [-0.05, 0) is 61.4 Å². The molecule has 0 aromatic heterocycles. The first-order chi connectivity index (χ1) is 10.1. The van der Waals surface area contributed by atoms with Gasteiger partial charge in [-0.2, -0.15) is 0 Å². The van der Waals surface area contributed by atoms with E-state index < -0.39 is 0 Å². The Bertz CT molecular complexity index is 657. The summed E-state index contributed by atoms with van der Waals surface area (Å²) in [6, 6.07) is 13.2. The minimum atomic E-state index is -0.0472. The van der Waals surface area contributed by atoms with Crippen LogP contribution >= 0.6 is 0 Å². The predicted octanol–water partition coefficient (Wildman–Crippen LogP) is 4.12. The molecule has 0 saturated carbocycles. The van der Waals surface area contributed by atoms with Crippen LogP contribution in [0.4, 0.5) is 5.69 Å². The van der Waals surface area contributed by atoms with Crippen molar-refractivity contribution in [1.82, 2.24) is 0 Å². The van der Waals surface area contributed by atoms with E-state index in [4.69, 9.17) is 4.74 Å². The normalized spacial score (nSPS) is 10.6. The molecule has 0 bridgehead atoms. The maximum Gasteiger partial charge on any atom is 0.187 e. The Morgan fingerprint density at radius 2 is 1.76 bits per heavy atom. The molecule has 0 aliphatic rings. The molecule has 2 aromatic rings. The summed E-state index contributed by atoms with van der Waals surface area (Å²) < 4.78 is 5.07. The van der Waals surface area contributed by atoms with Crippen LogP contribution in [-0.4, -0.2) is 12.9 Å². The van der Waals surface area contributed by atoms with Gasteiger partial charge in [-0.15, -0.1) is 0 Å². The van der Waals surface area contributed by atoms with Crippen molar-refractivity contribution >= 4 is 11.5 Å². The van der Waals surface area contributed by atoms with Gasteiger partial charge >= 0.3 is 0 Å². The van der Waals surface area contributed by atoms with Gasteiger partial charge in [-0.1, -0.05) is 6.07 Å². The molecule has 21 heavy (non-hydrogen) atoms. The number of hydrogen-bond acceptors (Lipinski definition) is 3. The highest BCUT2D eigenvalue weighted by molar-refractivity contribution is 6.04. The predicted molar refractivity (Wildman–Crippen MR) is 86.0 cm³/mol. The zero-order valence-electron chi connectivity index (χ0n) is 12.5. The number of carbonyl (C=O) groups excluding carboxylic acids is 1. The number of carbonyl (C=O) groups is 1. The number of ketones is 1. The quantitative estimate of drug-likeness (QED) is 0.662. The molecule has 2 rings (SSSR count). The standard InChI is InChI=1S/C18H19NO2/c1-13-4-7-16(12-14(13)2)19-11-10-18(20)15-5-8-17(21-3)9-6-15/h4-12,19H,1-3H3. The summed E-state index contributed by atoms with van der Waals surface area (Å²) in [5.74, 6) is 0.692. The molecule has 0 atom stereocenters. The van der Waals surface area contributed by atoms with E-state index in [9.17, 15) is 4.79 Å². The van der Waals surface area contributed by atoms with E-state index >= 15 is 0 Å². The monoisotopic (exact) mass is 281 g/mol. The van der Waals surface area contributed by atoms with Crippen LogP contribution in [-0.2, 0) is 0 Å². The Hall–Kier alpha value is -2.55. The first-order valence-electron chi connectivity index (χ1n) is 6.79. The summed E-state index contributed by atoms with van der Waals surface area (Å²) in [6.07, 6.45) is 3.19. The molecule has 108 valence electrons. The Balaban J connectivity index is 1.99. The summed E-state index contributed by atoms with van der Waals surface area (Å²) in [7, 11) is 1.60. The number of hydrogen-bond donors (Lipinski definition) is 1. The Morgan fingerprint density at radius 3 is 2.38 bits per heavy atom. The second-order valence-corrected chi connectivity index (χ2v) is 4.87. The van der Waals surface area contributed by atoms with Crippen molar-refractivity contribution in [2.45, 2.75) is 13.8 Å². The fraction of sp³-hybridized carbons (Fsp3) is 0.167. The smallest absolute Gasteiger partial charge is 0.187 e. The first-order valence-corrected chi connectivity index (χ1v) is 6.79. The molecular formula is C18H19NO2. The Labute approximate surface area is 125 Å². The van der Waals surface area contributed by atoms with Gasteiger partial charge in [0.25, 0.3) is 0 Å². The number of anilines is 1. The fourth-order valence-corrected chi connectivity index (χ4v) is 1.90. The van der Waals surface area contributed by atoms with Gasteiger partial charge in [-0.25, -0.2) is 0 Å². The lowest BCUT2D eigenvalue weighted by atomic mass is 10.1. The number of benzene rings is 2. The van der Waals surface area contributed by atoms with E-state index in [0.29, 0.717) is 5.56 Å². The van der Waals surface area contributed by atoms with Gasteiger partial charge in [0.2, 0.25) is 0 Å². The van der Waals surface area contributed by atoms with E-state index in [1.54, 1.807) is 37.6 Å². The molecule has 0 saturated heterocycles. The number of nitrogens with one attached hydrogen (secondary N) is 1. The van der Waals surface area contributed by atoms with Crippen LogP contribution in [0.25, 0.3) is 0 Å². The maximum absolute atomic E-state index is 12.0. The molecular weight excluding hydrogens is 262 g/mol. The topological polar surface area (TPSA) is 38.3 Å². The van der Waals surface area contributed by atoms with Crippen LogP contribution in [0.5, 0.6) is 5.75 Å². The largest absolute Gasteiger partial charge is 0.497 e. The maximum atomic E-state index is 12.0. The van der Waals surface area contributed by atoms with Gasteiger partial charge in [0.05, 0.1) is 7.11 Å². The van der Waals surface area contributed by atoms with E-state index in [1.807, 2.05) is 6.07 Å². The van der Waals surface area contributed by atoms with Crippen LogP contribution in [0.2, 0.25) is 0 Å². The lowest BCUT2D eigenvalue weighted by molar-refractivity contribution is 0.104. The van der Waals surface area contributed by atoms with Crippen LogP contribution in [0.3, 0.4) is 0 Å². The van der Waals surface area contributed by atoms with Crippen molar-refractivity contribution in [2.24, 2.45) is 0 Å². The second-order valence-electron chi connectivity index (χ2n) is 4.87. The summed E-state index contributed by atoms with van der Waals surface area (Å²) in [6.45, 7) is 4.13. The number of methoxy groups -OCH3 is 1. The molecule has 0 radical (unpaired) electrons. The minimum absolute atomic E-state index is 0.0472. The highest BCUT2D eigenvalue weighted by atomic mass is 16.5. The molecule has 0 aliphatic heterocycles. The molecule has 1 N–H and O–H groups in total. The number of aryl methyl sites for hydroxylation is 2. The number of allylic oxidation sites excluding steroid dienone is 1. The third-order valence-electron chi connectivity index (χ3n) is 3.37. The molecule has 3 heteroatoms. The van der Waals surface area contributed by atoms with Crippen LogP contribution in [0.15, 0.2) is 54.7 Å². The molecule has 0 aliphatic carbocycles. The lowest BCUT2D eigenvalue weighted by Gasteiger charge is -2.04. The summed E-state index contributed by atoms with van der Waals surface area (Å²) >= 11 is 0. The minimum Gasteiger partial charge on any atom is -0.497 e. The fourth-order valence-electron chi connectivity index (χ4n) is 1.90. The van der Waals surface area contributed by atoms with Gasteiger partial charge in [0, 0.05) is 23.5 Å². The zero-order valence-corrected chi connectivity index (χ0v) is 12.5. The highest BCUT2D eigenvalue weighted by Gasteiger charge is 2.01. The summed E-state index contributed by atoms with van der Waals surface area (Å²) in [5.41, 5.74) is 4.07. The van der Waals surface area contributed by atoms with Crippen molar-refractivity contribution < 1.29 is 9.53 Å². The van der Waals surface area contributed by atoms with Crippen LogP contribution in [0.1, 0.15) is 21.5 Å². The molecule has 0 amide bonds. The van der Waals surface area contributed by atoms with Gasteiger partial charge in [0.15, 0.2) is 5.78 Å². The van der Waals surface area contributed by atoms with E-state index in [0.717, 1.165) is 11.4 Å². The van der Waals surface area contributed by atoms with Crippen molar-refractivity contribution in [2.75, 3.05) is 12.4 Å². The molecule has 0 spiro atoms. The van der Waals surface area contributed by atoms with E-state index in [2.05, 4.69) is 31.3 Å². The van der Waals surface area contributed by atoms with Crippen molar-refractivity contribution in [3.05, 3.63) is 71.4 Å². The zero-order chi connectivity index (χ0) is 15.2. The Morgan fingerprint density at radius 1 is 1.05 bits per heavy atom. The number of rotatable bonds is 5. The van der Waals surface area contributed by atoms with Crippen molar-refractivity contribution in [1.29, 1.82) is 0 Å². The summed E-state index contributed by atoms with van der Waals surface area (Å²) in [5, 5.41) is 3.11. The third-order valence-corrected chi connectivity index (χ3v) is 3.37. The van der Waals surface area contributed by atoms with Gasteiger partial charge in [0.1, 0.15) is 5.75 Å². The number of ether oxygens (including phenoxy) is 1. The second kappa shape index (κ2) is 6.75. The molecule has 0 heterocycles. The van der Waals surface area contributed by atoms with Crippen LogP contribution < -0.4 is 10.1 Å².